The van der Waals surface area contributed by atoms with Gasteiger partial charge < -0.3 is 0 Å². The van der Waals surface area contributed by atoms with E-state index in [0.717, 1.165) is 0 Å². The minimum absolute atomic E-state index is 0.667. The van der Waals surface area contributed by atoms with Crippen LogP contribution in [0.1, 0.15) is 31.2 Å². The standard InChI is InChI=1S/C16H25NSSi/c1-13-9-5-6-10-14(13)17-15-11-7-8-12-16(15)18-19(2,3)4/h5-6,9-10,16H,7-8,11-12H2,1-4H3/b17-15+. The van der Waals surface area contributed by atoms with Gasteiger partial charge in [0.05, 0.1) is 5.69 Å². The summed E-state index contributed by atoms with van der Waals surface area (Å²) in [4.78, 5) is 5.00. The zero-order chi connectivity index (χ0) is 13.9. The summed E-state index contributed by atoms with van der Waals surface area (Å²) < 4.78 is 0. The second kappa shape index (κ2) is 6.27. The number of rotatable bonds is 3. The van der Waals surface area contributed by atoms with Crippen molar-refractivity contribution >= 4 is 29.8 Å². The van der Waals surface area contributed by atoms with Crippen molar-refractivity contribution in [1.29, 1.82) is 0 Å². The summed E-state index contributed by atoms with van der Waals surface area (Å²) in [6, 6.07) is 8.49. The maximum absolute atomic E-state index is 5.00. The number of nitrogens with zero attached hydrogens (tertiary/aromatic N) is 1. The van der Waals surface area contributed by atoms with E-state index < -0.39 is 7.22 Å². The highest BCUT2D eigenvalue weighted by Gasteiger charge is 2.27. The highest BCUT2D eigenvalue weighted by molar-refractivity contribution is 8.29. The third kappa shape index (κ3) is 4.50. The van der Waals surface area contributed by atoms with Gasteiger partial charge in [-0.15, -0.1) is 0 Å². The predicted octanol–water partition coefficient (Wildman–Crippen LogP) is 5.58. The summed E-state index contributed by atoms with van der Waals surface area (Å²) in [6.45, 7) is 9.48. The maximum Gasteiger partial charge on any atom is 0.109 e. The first-order chi connectivity index (χ1) is 8.96. The van der Waals surface area contributed by atoms with Crippen LogP contribution in [0.15, 0.2) is 29.3 Å². The summed E-state index contributed by atoms with van der Waals surface area (Å²) in [5, 5.41) is 0.667. The van der Waals surface area contributed by atoms with Crippen molar-refractivity contribution in [2.24, 2.45) is 4.99 Å². The zero-order valence-electron chi connectivity index (χ0n) is 12.6. The van der Waals surface area contributed by atoms with Crippen LogP contribution in [-0.4, -0.2) is 18.2 Å². The normalized spacial score (nSPS) is 22.7. The highest BCUT2D eigenvalue weighted by Crippen LogP contribution is 2.34. The van der Waals surface area contributed by atoms with Crippen LogP contribution in [0.4, 0.5) is 5.69 Å². The molecule has 0 aliphatic heterocycles. The van der Waals surface area contributed by atoms with Crippen LogP contribution in [0, 0.1) is 6.92 Å². The molecule has 1 aromatic rings. The van der Waals surface area contributed by atoms with Gasteiger partial charge in [-0.3, -0.25) is 4.99 Å². The molecule has 1 aliphatic rings. The van der Waals surface area contributed by atoms with Crippen molar-refractivity contribution in [3.05, 3.63) is 29.8 Å². The number of benzene rings is 1. The molecular formula is C16H25NSSi. The van der Waals surface area contributed by atoms with E-state index in [4.69, 9.17) is 4.99 Å². The second-order valence-corrected chi connectivity index (χ2v) is 15.8. The van der Waals surface area contributed by atoms with Crippen LogP contribution >= 0.6 is 11.2 Å². The predicted molar refractivity (Wildman–Crippen MR) is 91.5 cm³/mol. The van der Waals surface area contributed by atoms with Gasteiger partial charge in [0.15, 0.2) is 0 Å². The Hall–Kier alpha value is -0.543. The minimum atomic E-state index is -1.08. The van der Waals surface area contributed by atoms with E-state index in [1.807, 2.05) is 0 Å². The third-order valence-corrected chi connectivity index (χ3v) is 7.87. The number of hydrogen-bond donors (Lipinski definition) is 0. The first-order valence-electron chi connectivity index (χ1n) is 7.26. The first-order valence-corrected chi connectivity index (χ1v) is 12.4. The topological polar surface area (TPSA) is 12.4 Å². The summed E-state index contributed by atoms with van der Waals surface area (Å²) in [6.07, 6.45) is 5.19. The molecule has 0 aromatic heterocycles. The van der Waals surface area contributed by atoms with Crippen molar-refractivity contribution in [2.75, 3.05) is 0 Å². The van der Waals surface area contributed by atoms with Crippen molar-refractivity contribution in [3.63, 3.8) is 0 Å². The number of para-hydroxylation sites is 1. The van der Waals surface area contributed by atoms with Gasteiger partial charge in [-0.2, -0.15) is 11.2 Å². The number of aliphatic imine (C=N–C) groups is 1. The van der Waals surface area contributed by atoms with Crippen LogP contribution in [0.5, 0.6) is 0 Å². The lowest BCUT2D eigenvalue weighted by atomic mass is 9.97. The smallest absolute Gasteiger partial charge is 0.109 e. The monoisotopic (exact) mass is 291 g/mol. The Bertz CT molecular complexity index is 462. The van der Waals surface area contributed by atoms with Gasteiger partial charge in [0.1, 0.15) is 7.22 Å². The lowest BCUT2D eigenvalue weighted by molar-refractivity contribution is 0.676. The molecule has 0 saturated heterocycles. The molecule has 1 nitrogen and oxygen atoms in total. The largest absolute Gasteiger partial charge is 0.256 e. The van der Waals surface area contributed by atoms with Gasteiger partial charge in [0, 0.05) is 11.0 Å². The van der Waals surface area contributed by atoms with Gasteiger partial charge in [0.25, 0.3) is 0 Å². The van der Waals surface area contributed by atoms with Crippen molar-refractivity contribution in [3.8, 4) is 0 Å². The Balaban J connectivity index is 2.22. The van der Waals surface area contributed by atoms with Crippen molar-refractivity contribution in [1.82, 2.24) is 0 Å². The quantitative estimate of drug-likeness (QED) is 0.662. The molecule has 0 spiro atoms. The fourth-order valence-electron chi connectivity index (χ4n) is 2.49. The van der Waals surface area contributed by atoms with E-state index in [1.54, 1.807) is 0 Å². The Morgan fingerprint density at radius 2 is 1.89 bits per heavy atom. The zero-order valence-corrected chi connectivity index (χ0v) is 14.4. The molecule has 1 atom stereocenters. The van der Waals surface area contributed by atoms with Crippen LogP contribution in [0.25, 0.3) is 0 Å². The van der Waals surface area contributed by atoms with E-state index in [-0.39, 0.29) is 0 Å². The third-order valence-electron chi connectivity index (χ3n) is 3.40. The summed E-state index contributed by atoms with van der Waals surface area (Å²) in [5.41, 5.74) is 3.89. The molecule has 1 unspecified atom stereocenters. The molecular weight excluding hydrogens is 266 g/mol. The minimum Gasteiger partial charge on any atom is -0.256 e. The molecule has 0 radical (unpaired) electrons. The molecule has 0 heterocycles. The highest BCUT2D eigenvalue weighted by atomic mass is 32.4. The van der Waals surface area contributed by atoms with Crippen LogP contribution < -0.4 is 0 Å². The molecule has 1 aliphatic carbocycles. The molecule has 1 fully saturated rings. The summed E-state index contributed by atoms with van der Waals surface area (Å²) in [7, 11) is -1.08. The Morgan fingerprint density at radius 3 is 2.58 bits per heavy atom. The van der Waals surface area contributed by atoms with E-state index in [2.05, 4.69) is 62.0 Å². The molecule has 2 rings (SSSR count). The molecule has 104 valence electrons. The lowest BCUT2D eigenvalue weighted by Crippen LogP contribution is -2.29. The summed E-state index contributed by atoms with van der Waals surface area (Å²) >= 11 is 2.22. The fourth-order valence-corrected chi connectivity index (χ4v) is 7.26. The molecule has 1 saturated carbocycles. The van der Waals surface area contributed by atoms with Gasteiger partial charge in [-0.05, 0) is 37.8 Å². The Labute approximate surface area is 122 Å². The molecule has 19 heavy (non-hydrogen) atoms. The number of aryl methyl sites for hydroxylation is 1. The van der Waals surface area contributed by atoms with Crippen molar-refractivity contribution in [2.45, 2.75) is 57.5 Å². The molecule has 0 amide bonds. The second-order valence-electron chi connectivity index (χ2n) is 6.35. The van der Waals surface area contributed by atoms with Gasteiger partial charge >= 0.3 is 0 Å². The first kappa shape index (κ1) is 14.9. The Morgan fingerprint density at radius 1 is 1.16 bits per heavy atom. The van der Waals surface area contributed by atoms with Gasteiger partial charge in [0.2, 0.25) is 0 Å². The van der Waals surface area contributed by atoms with E-state index in [9.17, 15) is 0 Å². The molecule has 3 heteroatoms. The van der Waals surface area contributed by atoms with Crippen LogP contribution in [0.3, 0.4) is 0 Å². The Kier molecular flexibility index (Phi) is 4.90. The number of hydrogen-bond acceptors (Lipinski definition) is 2. The molecule has 0 N–H and O–H groups in total. The SMILES string of the molecule is Cc1ccccc1/N=C1\CCCCC1S[Si](C)(C)C. The van der Waals surface area contributed by atoms with Crippen LogP contribution in [0.2, 0.25) is 19.6 Å². The van der Waals surface area contributed by atoms with Gasteiger partial charge in [-0.25, -0.2) is 0 Å². The van der Waals surface area contributed by atoms with Crippen molar-refractivity contribution < 1.29 is 0 Å². The summed E-state index contributed by atoms with van der Waals surface area (Å²) in [5.74, 6) is 0. The fraction of sp³-hybridized carbons (Fsp3) is 0.562. The van der Waals surface area contributed by atoms with Crippen LogP contribution in [-0.2, 0) is 0 Å². The van der Waals surface area contributed by atoms with E-state index in [1.165, 1.54) is 42.6 Å². The lowest BCUT2D eigenvalue weighted by Gasteiger charge is -2.29. The average Bonchev–Trinajstić information content (AvgIpc) is 2.33. The van der Waals surface area contributed by atoms with Gasteiger partial charge in [-0.1, -0.05) is 44.3 Å². The van der Waals surface area contributed by atoms with E-state index >= 15 is 0 Å². The maximum atomic E-state index is 5.00. The van der Waals surface area contributed by atoms with E-state index in [0.29, 0.717) is 5.25 Å². The average molecular weight is 292 g/mol. The molecule has 0 bridgehead atoms. The molecule has 1 aromatic carbocycles.